The fraction of sp³-hybridized carbons (Fsp3) is 0.600. The molecule has 1 N–H and O–H groups in total. The van der Waals surface area contributed by atoms with Crippen LogP contribution in [0.1, 0.15) is 71.6 Å². The molecule has 0 aliphatic carbocycles. The molecule has 22 heavy (non-hydrogen) atoms. The highest BCUT2D eigenvalue weighted by Gasteiger charge is 1.99. The zero-order valence-electron chi connectivity index (χ0n) is 14.4. The molecule has 0 aromatic heterocycles. The normalized spacial score (nSPS) is 14.1. The van der Waals surface area contributed by atoms with E-state index in [0.29, 0.717) is 6.42 Å². The van der Waals surface area contributed by atoms with Crippen LogP contribution in [0.3, 0.4) is 0 Å². The van der Waals surface area contributed by atoms with Crippen LogP contribution in [0.5, 0.6) is 0 Å². The van der Waals surface area contributed by atoms with Crippen LogP contribution in [0, 0.1) is 0 Å². The zero-order chi connectivity index (χ0) is 16.3. The molecule has 0 aromatic rings. The third-order valence-electron chi connectivity index (χ3n) is 3.38. The van der Waals surface area contributed by atoms with Crippen molar-refractivity contribution in [1.82, 2.24) is 0 Å². The quantitative estimate of drug-likeness (QED) is 0.128. The SMILES string of the molecule is CCCCC=CCC=CC=CC(CC=CCCCCC)OO. The summed E-state index contributed by atoms with van der Waals surface area (Å²) < 4.78 is 0. The molecule has 0 amide bonds. The summed E-state index contributed by atoms with van der Waals surface area (Å²) in [6.45, 7) is 4.41. The van der Waals surface area contributed by atoms with Crippen molar-refractivity contribution in [2.24, 2.45) is 0 Å². The van der Waals surface area contributed by atoms with Gasteiger partial charge >= 0.3 is 0 Å². The first-order chi connectivity index (χ1) is 10.8. The molecule has 126 valence electrons. The van der Waals surface area contributed by atoms with Crippen molar-refractivity contribution in [3.63, 3.8) is 0 Å². The van der Waals surface area contributed by atoms with Crippen LogP contribution in [0.2, 0.25) is 0 Å². The Morgan fingerprint density at radius 2 is 1.55 bits per heavy atom. The van der Waals surface area contributed by atoms with E-state index >= 15 is 0 Å². The maximum absolute atomic E-state index is 8.87. The molecule has 0 saturated carbocycles. The van der Waals surface area contributed by atoms with Crippen LogP contribution < -0.4 is 0 Å². The molecule has 0 radical (unpaired) electrons. The van der Waals surface area contributed by atoms with Crippen molar-refractivity contribution >= 4 is 0 Å². The van der Waals surface area contributed by atoms with Crippen molar-refractivity contribution in [3.8, 4) is 0 Å². The summed E-state index contributed by atoms with van der Waals surface area (Å²) in [4.78, 5) is 4.46. The predicted molar refractivity (Wildman–Crippen MR) is 97.0 cm³/mol. The first-order valence-corrected chi connectivity index (χ1v) is 8.78. The average molecular weight is 306 g/mol. The number of allylic oxidation sites excluding steroid dienone is 6. The fourth-order valence-corrected chi connectivity index (χ4v) is 1.98. The second kappa shape index (κ2) is 17.9. The smallest absolute Gasteiger partial charge is 0.115 e. The number of hydrogen-bond donors (Lipinski definition) is 1. The average Bonchev–Trinajstić information content (AvgIpc) is 2.54. The lowest BCUT2D eigenvalue weighted by Gasteiger charge is -2.04. The molecule has 0 fully saturated rings. The van der Waals surface area contributed by atoms with Gasteiger partial charge in [0.2, 0.25) is 0 Å². The van der Waals surface area contributed by atoms with E-state index in [1.165, 1.54) is 38.5 Å². The molecular formula is C20H34O2. The minimum Gasteiger partial charge on any atom is -0.251 e. The first-order valence-electron chi connectivity index (χ1n) is 8.78. The Labute approximate surface area is 137 Å². The van der Waals surface area contributed by atoms with Crippen LogP contribution in [-0.4, -0.2) is 11.4 Å². The van der Waals surface area contributed by atoms with E-state index in [1.54, 1.807) is 0 Å². The van der Waals surface area contributed by atoms with Gasteiger partial charge < -0.3 is 0 Å². The lowest BCUT2D eigenvalue weighted by Crippen LogP contribution is -2.04. The van der Waals surface area contributed by atoms with Gasteiger partial charge in [-0.3, -0.25) is 5.26 Å². The summed E-state index contributed by atoms with van der Waals surface area (Å²) in [6, 6.07) is 0. The number of unbranched alkanes of at least 4 members (excludes halogenated alkanes) is 5. The minimum absolute atomic E-state index is 0.257. The van der Waals surface area contributed by atoms with E-state index in [2.05, 4.69) is 49.1 Å². The topological polar surface area (TPSA) is 29.5 Å². The summed E-state index contributed by atoms with van der Waals surface area (Å²) in [5, 5.41) is 8.87. The van der Waals surface area contributed by atoms with Crippen molar-refractivity contribution in [2.75, 3.05) is 0 Å². The second-order valence-corrected chi connectivity index (χ2v) is 5.51. The molecular weight excluding hydrogens is 272 g/mol. The molecule has 0 saturated heterocycles. The van der Waals surface area contributed by atoms with E-state index in [9.17, 15) is 0 Å². The Kier molecular flexibility index (Phi) is 17.0. The number of rotatable bonds is 14. The van der Waals surface area contributed by atoms with E-state index in [1.807, 2.05) is 18.2 Å². The highest BCUT2D eigenvalue weighted by molar-refractivity contribution is 5.07. The largest absolute Gasteiger partial charge is 0.251 e. The van der Waals surface area contributed by atoms with Gasteiger partial charge in [0.05, 0.1) is 0 Å². The molecule has 1 atom stereocenters. The lowest BCUT2D eigenvalue weighted by molar-refractivity contribution is -0.264. The summed E-state index contributed by atoms with van der Waals surface area (Å²) >= 11 is 0. The van der Waals surface area contributed by atoms with Gasteiger partial charge in [-0.25, -0.2) is 4.89 Å². The zero-order valence-corrected chi connectivity index (χ0v) is 14.4. The van der Waals surface area contributed by atoms with Gasteiger partial charge in [0, 0.05) is 0 Å². The third-order valence-corrected chi connectivity index (χ3v) is 3.38. The third kappa shape index (κ3) is 15.3. The summed E-state index contributed by atoms with van der Waals surface area (Å²) in [5.74, 6) is 0. The van der Waals surface area contributed by atoms with Gasteiger partial charge in [0.25, 0.3) is 0 Å². The van der Waals surface area contributed by atoms with Crippen molar-refractivity contribution in [1.29, 1.82) is 0 Å². The monoisotopic (exact) mass is 306 g/mol. The highest BCUT2D eigenvalue weighted by atomic mass is 17.1. The summed E-state index contributed by atoms with van der Waals surface area (Å²) in [7, 11) is 0. The fourth-order valence-electron chi connectivity index (χ4n) is 1.98. The Hall–Kier alpha value is -1.12. The lowest BCUT2D eigenvalue weighted by atomic mass is 10.1. The van der Waals surface area contributed by atoms with E-state index in [4.69, 9.17) is 5.26 Å². The number of hydrogen-bond acceptors (Lipinski definition) is 2. The summed E-state index contributed by atoms with van der Waals surface area (Å²) in [5.41, 5.74) is 0. The maximum Gasteiger partial charge on any atom is 0.115 e. The highest BCUT2D eigenvalue weighted by Crippen LogP contribution is 2.04. The van der Waals surface area contributed by atoms with Crippen molar-refractivity contribution < 1.29 is 10.1 Å². The Morgan fingerprint density at radius 3 is 2.27 bits per heavy atom. The van der Waals surface area contributed by atoms with Crippen molar-refractivity contribution in [2.45, 2.75) is 77.7 Å². The second-order valence-electron chi connectivity index (χ2n) is 5.51. The van der Waals surface area contributed by atoms with Crippen LogP contribution in [0.25, 0.3) is 0 Å². The Balaban J connectivity index is 3.79. The van der Waals surface area contributed by atoms with Gasteiger partial charge in [0.15, 0.2) is 0 Å². The Bertz CT molecular complexity index is 327. The van der Waals surface area contributed by atoms with Crippen molar-refractivity contribution in [3.05, 3.63) is 48.6 Å². The summed E-state index contributed by atoms with van der Waals surface area (Å²) in [6.07, 6.45) is 26.6. The molecule has 0 aliphatic heterocycles. The van der Waals surface area contributed by atoms with Crippen LogP contribution in [0.4, 0.5) is 0 Å². The van der Waals surface area contributed by atoms with Gasteiger partial charge in [-0.1, -0.05) is 88.1 Å². The first kappa shape index (κ1) is 20.9. The molecule has 2 nitrogen and oxygen atoms in total. The minimum atomic E-state index is -0.257. The van der Waals surface area contributed by atoms with E-state index < -0.39 is 0 Å². The molecule has 2 heteroatoms. The van der Waals surface area contributed by atoms with E-state index in [-0.39, 0.29) is 6.10 Å². The maximum atomic E-state index is 8.87. The predicted octanol–water partition coefficient (Wildman–Crippen LogP) is 6.62. The molecule has 0 aliphatic rings. The van der Waals surface area contributed by atoms with Crippen LogP contribution in [0.15, 0.2) is 48.6 Å². The standard InChI is InChI=1S/C20H34O2/c1-3-5-7-9-11-12-13-15-17-19-20(22-21)18-16-14-10-8-6-4-2/h9,11,13-17,19-21H,3-8,10,12,18H2,1-2H3. The Morgan fingerprint density at radius 1 is 0.818 bits per heavy atom. The van der Waals surface area contributed by atoms with Gasteiger partial charge in [-0.05, 0) is 32.1 Å². The molecule has 0 rings (SSSR count). The van der Waals surface area contributed by atoms with E-state index in [0.717, 1.165) is 12.8 Å². The van der Waals surface area contributed by atoms with Gasteiger partial charge in [0.1, 0.15) is 6.10 Å². The molecule has 0 aromatic carbocycles. The van der Waals surface area contributed by atoms with Gasteiger partial charge in [-0.15, -0.1) is 0 Å². The molecule has 0 bridgehead atoms. The van der Waals surface area contributed by atoms with Crippen LogP contribution >= 0.6 is 0 Å². The molecule has 0 heterocycles. The van der Waals surface area contributed by atoms with Gasteiger partial charge in [-0.2, -0.15) is 0 Å². The molecule has 0 spiro atoms. The molecule has 1 unspecified atom stereocenters. The van der Waals surface area contributed by atoms with Crippen LogP contribution in [-0.2, 0) is 4.89 Å².